The van der Waals surface area contributed by atoms with E-state index in [1.165, 1.54) is 11.0 Å². The fourth-order valence-corrected chi connectivity index (χ4v) is 1.73. The normalized spacial score (nSPS) is 10.4. The van der Waals surface area contributed by atoms with Crippen molar-refractivity contribution in [3.63, 3.8) is 0 Å². The van der Waals surface area contributed by atoms with Gasteiger partial charge in [-0.25, -0.2) is 4.39 Å². The van der Waals surface area contributed by atoms with Crippen molar-refractivity contribution in [1.82, 2.24) is 4.90 Å². The first-order chi connectivity index (χ1) is 7.95. The van der Waals surface area contributed by atoms with Gasteiger partial charge in [0.25, 0.3) is 0 Å². The molecule has 0 bridgehead atoms. The number of benzene rings is 1. The molecule has 94 valence electrons. The van der Waals surface area contributed by atoms with Gasteiger partial charge in [-0.2, -0.15) is 0 Å². The van der Waals surface area contributed by atoms with Gasteiger partial charge in [0.1, 0.15) is 12.4 Å². The predicted octanol–water partition coefficient (Wildman–Crippen LogP) is 1.78. The second kappa shape index (κ2) is 5.98. The summed E-state index contributed by atoms with van der Waals surface area (Å²) in [5.74, 6) is -0.672. The fourth-order valence-electron chi connectivity index (χ4n) is 1.41. The van der Waals surface area contributed by atoms with Crippen molar-refractivity contribution < 1.29 is 14.3 Å². The number of rotatable bonds is 4. The third kappa shape index (κ3) is 3.68. The first-order valence-electron chi connectivity index (χ1n) is 5.25. The van der Waals surface area contributed by atoms with Gasteiger partial charge < -0.3 is 10.0 Å². The van der Waals surface area contributed by atoms with E-state index in [2.05, 4.69) is 0 Å². The van der Waals surface area contributed by atoms with Crippen LogP contribution < -0.4 is 0 Å². The summed E-state index contributed by atoms with van der Waals surface area (Å²) in [4.78, 5) is 12.5. The molecule has 3 nitrogen and oxygen atoms in total. The number of carbonyl (C=O) groups excluding carboxylic acids is 1. The quantitative estimate of drug-likeness (QED) is 0.896. The highest BCUT2D eigenvalue weighted by molar-refractivity contribution is 6.31. The van der Waals surface area contributed by atoms with Crippen LogP contribution in [0.25, 0.3) is 0 Å². The van der Waals surface area contributed by atoms with Crippen LogP contribution in [0.2, 0.25) is 5.02 Å². The van der Waals surface area contributed by atoms with Crippen molar-refractivity contribution in [3.05, 3.63) is 34.1 Å². The largest absolute Gasteiger partial charge is 0.387 e. The Labute approximate surface area is 105 Å². The number of aryl methyl sites for hydroxylation is 1. The fraction of sp³-hybridized carbons (Fsp3) is 0.417. The van der Waals surface area contributed by atoms with Gasteiger partial charge in [-0.15, -0.1) is 0 Å². The van der Waals surface area contributed by atoms with Gasteiger partial charge in [-0.1, -0.05) is 11.6 Å². The second-order valence-corrected chi connectivity index (χ2v) is 4.32. The Bertz CT molecular complexity index is 423. The Morgan fingerprint density at radius 3 is 2.76 bits per heavy atom. The molecule has 17 heavy (non-hydrogen) atoms. The molecule has 0 heterocycles. The van der Waals surface area contributed by atoms with Crippen LogP contribution in [0.5, 0.6) is 0 Å². The summed E-state index contributed by atoms with van der Waals surface area (Å²) in [6, 6.07) is 2.95. The molecule has 1 N–H and O–H groups in total. The van der Waals surface area contributed by atoms with Crippen LogP contribution in [0.1, 0.15) is 11.1 Å². The third-order valence-electron chi connectivity index (χ3n) is 2.61. The Morgan fingerprint density at radius 1 is 1.53 bits per heavy atom. The van der Waals surface area contributed by atoms with Crippen LogP contribution in [0.15, 0.2) is 12.1 Å². The molecule has 0 fully saturated rings. The zero-order valence-electron chi connectivity index (χ0n) is 9.83. The van der Waals surface area contributed by atoms with Gasteiger partial charge >= 0.3 is 0 Å². The summed E-state index contributed by atoms with van der Waals surface area (Å²) < 4.78 is 13.3. The molecular weight excluding hydrogens is 245 g/mol. The number of likely N-dealkylation sites (N-methyl/N-ethyl adjacent to an activating group) is 1. The third-order valence-corrected chi connectivity index (χ3v) is 2.96. The molecule has 5 heteroatoms. The summed E-state index contributed by atoms with van der Waals surface area (Å²) >= 11 is 5.98. The molecule has 0 aromatic heterocycles. The molecule has 0 saturated heterocycles. The van der Waals surface area contributed by atoms with Crippen molar-refractivity contribution in [3.8, 4) is 0 Å². The van der Waals surface area contributed by atoms with Gasteiger partial charge in [0.05, 0.1) is 0 Å². The number of amides is 1. The van der Waals surface area contributed by atoms with Crippen molar-refractivity contribution in [2.24, 2.45) is 0 Å². The minimum atomic E-state index is -0.521. The molecule has 0 aliphatic rings. The van der Waals surface area contributed by atoms with Crippen LogP contribution >= 0.6 is 11.6 Å². The Hall–Kier alpha value is -1.13. The average molecular weight is 260 g/mol. The lowest BCUT2D eigenvalue weighted by atomic mass is 10.1. The minimum Gasteiger partial charge on any atom is -0.387 e. The monoisotopic (exact) mass is 259 g/mol. The van der Waals surface area contributed by atoms with E-state index >= 15 is 0 Å². The van der Waals surface area contributed by atoms with Gasteiger partial charge in [-0.05, 0) is 36.6 Å². The zero-order valence-corrected chi connectivity index (χ0v) is 10.6. The molecule has 0 saturated carbocycles. The summed E-state index contributed by atoms with van der Waals surface area (Å²) in [7, 11) is 1.58. The van der Waals surface area contributed by atoms with E-state index in [0.29, 0.717) is 29.1 Å². The first kappa shape index (κ1) is 13.9. The van der Waals surface area contributed by atoms with E-state index in [1.807, 2.05) is 0 Å². The lowest BCUT2D eigenvalue weighted by Gasteiger charge is -2.16. The minimum absolute atomic E-state index is 0.305. The maximum atomic E-state index is 13.3. The van der Waals surface area contributed by atoms with Gasteiger partial charge in [0.15, 0.2) is 0 Å². The molecule has 0 unspecified atom stereocenters. The van der Waals surface area contributed by atoms with Crippen molar-refractivity contribution in [2.45, 2.75) is 13.3 Å². The molecular formula is C12H15ClFNO2. The van der Waals surface area contributed by atoms with Crippen LogP contribution in [0.3, 0.4) is 0 Å². The van der Waals surface area contributed by atoms with E-state index < -0.39 is 6.61 Å². The van der Waals surface area contributed by atoms with Crippen molar-refractivity contribution in [2.75, 3.05) is 20.2 Å². The maximum Gasteiger partial charge on any atom is 0.248 e. The van der Waals surface area contributed by atoms with Crippen molar-refractivity contribution in [1.29, 1.82) is 0 Å². The van der Waals surface area contributed by atoms with E-state index in [-0.39, 0.29) is 11.7 Å². The molecule has 0 aliphatic carbocycles. The highest BCUT2D eigenvalue weighted by atomic mass is 35.5. The second-order valence-electron chi connectivity index (χ2n) is 3.92. The molecule has 1 aromatic rings. The number of hydrogen-bond acceptors (Lipinski definition) is 2. The molecule has 1 aromatic carbocycles. The standard InChI is InChI=1S/C12H15ClFNO2/c1-8-5-10(13)9(6-11(8)14)3-4-15(2)12(17)7-16/h5-6,16H,3-4,7H2,1-2H3. The van der Waals surface area contributed by atoms with Gasteiger partial charge in [0, 0.05) is 18.6 Å². The highest BCUT2D eigenvalue weighted by Gasteiger charge is 2.10. The number of carbonyl (C=O) groups is 1. The number of halogens is 2. The van der Waals surface area contributed by atoms with E-state index in [1.54, 1.807) is 20.0 Å². The number of aliphatic hydroxyl groups excluding tert-OH is 1. The average Bonchev–Trinajstić information content (AvgIpc) is 2.30. The highest BCUT2D eigenvalue weighted by Crippen LogP contribution is 2.21. The summed E-state index contributed by atoms with van der Waals surface area (Å²) in [5, 5.41) is 9.15. The van der Waals surface area contributed by atoms with Gasteiger partial charge in [0.2, 0.25) is 5.91 Å². The van der Waals surface area contributed by atoms with Crippen molar-refractivity contribution >= 4 is 17.5 Å². The maximum absolute atomic E-state index is 13.3. The van der Waals surface area contributed by atoms with Gasteiger partial charge in [-0.3, -0.25) is 4.79 Å². The van der Waals surface area contributed by atoms with Crippen LogP contribution in [0.4, 0.5) is 4.39 Å². The Kier molecular flexibility index (Phi) is 4.90. The molecule has 0 atom stereocenters. The Balaban J connectivity index is 2.70. The molecule has 1 amide bonds. The summed E-state index contributed by atoms with van der Waals surface area (Å²) in [5.41, 5.74) is 1.16. The topological polar surface area (TPSA) is 40.5 Å². The first-order valence-corrected chi connectivity index (χ1v) is 5.63. The SMILES string of the molecule is Cc1cc(Cl)c(CCN(C)C(=O)CO)cc1F. The van der Waals surface area contributed by atoms with Crippen LogP contribution in [0, 0.1) is 12.7 Å². The molecule has 1 rings (SSSR count). The number of aliphatic hydroxyl groups is 1. The summed E-state index contributed by atoms with van der Waals surface area (Å²) in [6.07, 6.45) is 0.457. The molecule has 0 aliphatic heterocycles. The van der Waals surface area contributed by atoms with Crippen LogP contribution in [-0.4, -0.2) is 36.1 Å². The zero-order chi connectivity index (χ0) is 13.0. The van der Waals surface area contributed by atoms with Crippen LogP contribution in [-0.2, 0) is 11.2 Å². The van der Waals surface area contributed by atoms with E-state index in [9.17, 15) is 9.18 Å². The number of hydrogen-bond donors (Lipinski definition) is 1. The van der Waals surface area contributed by atoms with E-state index in [4.69, 9.17) is 16.7 Å². The molecule has 0 spiro atoms. The smallest absolute Gasteiger partial charge is 0.248 e. The molecule has 0 radical (unpaired) electrons. The predicted molar refractivity (Wildman–Crippen MR) is 64.6 cm³/mol. The lowest BCUT2D eigenvalue weighted by molar-refractivity contribution is -0.132. The summed E-state index contributed by atoms with van der Waals surface area (Å²) in [6.45, 7) is 1.51. The lowest BCUT2D eigenvalue weighted by Crippen LogP contribution is -2.31. The number of nitrogens with zero attached hydrogens (tertiary/aromatic N) is 1. The Morgan fingerprint density at radius 2 is 2.18 bits per heavy atom. The van der Waals surface area contributed by atoms with E-state index in [0.717, 1.165) is 0 Å².